The van der Waals surface area contributed by atoms with Gasteiger partial charge in [0.25, 0.3) is 11.8 Å². The molecule has 3 aromatic rings. The largest absolute Gasteiger partial charge is 0.348 e. The quantitative estimate of drug-likeness (QED) is 0.705. The Bertz CT molecular complexity index is 1030. The molecule has 0 bridgehead atoms. The van der Waals surface area contributed by atoms with E-state index in [2.05, 4.69) is 15.6 Å². The Morgan fingerprint density at radius 2 is 1.68 bits per heavy atom. The number of carbonyl (C=O) groups is 2. The number of aryl methyl sites for hydroxylation is 2. The van der Waals surface area contributed by atoms with E-state index in [1.54, 1.807) is 18.2 Å². The molecule has 6 heteroatoms. The summed E-state index contributed by atoms with van der Waals surface area (Å²) >= 11 is 0. The Hall–Kier alpha value is -3.54. The average Bonchev–Trinajstić information content (AvgIpc) is 2.69. The molecule has 0 unspecified atom stereocenters. The molecule has 1 heterocycles. The molecule has 2 N–H and O–H groups in total. The number of hydrogen-bond acceptors (Lipinski definition) is 3. The highest BCUT2D eigenvalue weighted by Gasteiger charge is 2.13. The van der Waals surface area contributed by atoms with Crippen LogP contribution in [0.5, 0.6) is 0 Å². The van der Waals surface area contributed by atoms with Crippen LogP contribution in [0.25, 0.3) is 0 Å². The molecule has 0 aliphatic carbocycles. The minimum absolute atomic E-state index is 0.0461. The Morgan fingerprint density at radius 1 is 0.964 bits per heavy atom. The second kappa shape index (κ2) is 8.43. The van der Waals surface area contributed by atoms with E-state index in [1.807, 2.05) is 32.0 Å². The van der Waals surface area contributed by atoms with E-state index >= 15 is 0 Å². The predicted octanol–water partition coefficient (Wildman–Crippen LogP) is 4.02. The fraction of sp³-hybridized carbons (Fsp3) is 0.136. The Labute approximate surface area is 162 Å². The molecule has 0 fully saturated rings. The van der Waals surface area contributed by atoms with Crippen molar-refractivity contribution in [3.8, 4) is 0 Å². The number of benzene rings is 2. The average molecular weight is 377 g/mol. The molecule has 0 aliphatic rings. The van der Waals surface area contributed by atoms with Crippen molar-refractivity contribution in [2.24, 2.45) is 0 Å². The lowest BCUT2D eigenvalue weighted by Crippen LogP contribution is -2.24. The summed E-state index contributed by atoms with van der Waals surface area (Å²) in [5, 5.41) is 5.46. The summed E-state index contributed by atoms with van der Waals surface area (Å²) < 4.78 is 13.7. The van der Waals surface area contributed by atoms with Crippen LogP contribution in [-0.2, 0) is 6.54 Å². The first-order valence-corrected chi connectivity index (χ1v) is 8.79. The fourth-order valence-electron chi connectivity index (χ4n) is 2.76. The zero-order chi connectivity index (χ0) is 20.1. The molecular formula is C22H20FN3O2. The molecule has 142 valence electrons. The van der Waals surface area contributed by atoms with Crippen LogP contribution in [-0.4, -0.2) is 16.8 Å². The molecule has 1 aromatic heterocycles. The molecule has 3 rings (SSSR count). The van der Waals surface area contributed by atoms with E-state index in [-0.39, 0.29) is 29.4 Å². The van der Waals surface area contributed by atoms with E-state index in [9.17, 15) is 14.0 Å². The molecule has 0 saturated carbocycles. The first kappa shape index (κ1) is 19.2. The van der Waals surface area contributed by atoms with Gasteiger partial charge in [-0.3, -0.25) is 14.6 Å². The van der Waals surface area contributed by atoms with Gasteiger partial charge in [-0.2, -0.15) is 0 Å². The highest BCUT2D eigenvalue weighted by atomic mass is 19.1. The Balaban J connectivity index is 1.69. The minimum Gasteiger partial charge on any atom is -0.348 e. The van der Waals surface area contributed by atoms with Crippen molar-refractivity contribution >= 4 is 17.5 Å². The molecule has 0 saturated heterocycles. The summed E-state index contributed by atoms with van der Waals surface area (Å²) in [5.41, 5.74) is 3.62. The van der Waals surface area contributed by atoms with Gasteiger partial charge in [0.05, 0.1) is 11.1 Å². The first-order chi connectivity index (χ1) is 13.4. The smallest absolute Gasteiger partial charge is 0.257 e. The highest BCUT2D eigenvalue weighted by Crippen LogP contribution is 2.17. The number of nitrogens with zero attached hydrogens (tertiary/aromatic N) is 1. The predicted molar refractivity (Wildman–Crippen MR) is 106 cm³/mol. The number of pyridine rings is 1. The van der Waals surface area contributed by atoms with E-state index in [1.165, 1.54) is 24.5 Å². The lowest BCUT2D eigenvalue weighted by Gasteiger charge is -2.10. The van der Waals surface area contributed by atoms with Gasteiger partial charge in [0.1, 0.15) is 5.82 Å². The standard InChI is InChI=1S/C22H20FN3O2/c1-14-7-8-20(15(2)9-14)26-22(28)18-10-17(11-24-12-18)21(27)25-13-16-5-3-4-6-19(16)23/h3-12H,13H2,1-2H3,(H,25,27)(H,26,28). The Kier molecular flexibility index (Phi) is 5.79. The van der Waals surface area contributed by atoms with Gasteiger partial charge >= 0.3 is 0 Å². The number of aromatic nitrogens is 1. The van der Waals surface area contributed by atoms with Crippen LogP contribution < -0.4 is 10.6 Å². The zero-order valence-electron chi connectivity index (χ0n) is 15.6. The van der Waals surface area contributed by atoms with Crippen LogP contribution in [0.15, 0.2) is 60.9 Å². The van der Waals surface area contributed by atoms with Gasteiger partial charge in [0.15, 0.2) is 0 Å². The number of halogens is 1. The molecule has 0 atom stereocenters. The van der Waals surface area contributed by atoms with Crippen LogP contribution in [0.3, 0.4) is 0 Å². The van der Waals surface area contributed by atoms with E-state index < -0.39 is 5.91 Å². The number of rotatable bonds is 5. The van der Waals surface area contributed by atoms with Gasteiger partial charge in [-0.1, -0.05) is 35.9 Å². The number of hydrogen-bond donors (Lipinski definition) is 2. The van der Waals surface area contributed by atoms with Crippen LogP contribution >= 0.6 is 0 Å². The molecule has 2 aromatic carbocycles. The third kappa shape index (κ3) is 4.59. The number of nitrogens with one attached hydrogen (secondary N) is 2. The Morgan fingerprint density at radius 3 is 2.39 bits per heavy atom. The van der Waals surface area contributed by atoms with Crippen molar-refractivity contribution < 1.29 is 14.0 Å². The lowest BCUT2D eigenvalue weighted by atomic mass is 10.1. The lowest BCUT2D eigenvalue weighted by molar-refractivity contribution is 0.0950. The normalized spacial score (nSPS) is 10.4. The fourth-order valence-corrected chi connectivity index (χ4v) is 2.76. The minimum atomic E-state index is -0.433. The zero-order valence-corrected chi connectivity index (χ0v) is 15.6. The second-order valence-electron chi connectivity index (χ2n) is 6.51. The van der Waals surface area contributed by atoms with Crippen LogP contribution in [0, 0.1) is 19.7 Å². The second-order valence-corrected chi connectivity index (χ2v) is 6.51. The van der Waals surface area contributed by atoms with Crippen molar-refractivity contribution in [1.82, 2.24) is 10.3 Å². The van der Waals surface area contributed by atoms with Crippen molar-refractivity contribution in [3.05, 3.63) is 94.6 Å². The van der Waals surface area contributed by atoms with Gasteiger partial charge < -0.3 is 10.6 Å². The summed E-state index contributed by atoms with van der Waals surface area (Å²) in [5.74, 6) is -1.18. The van der Waals surface area contributed by atoms with Crippen LogP contribution in [0.1, 0.15) is 37.4 Å². The maximum absolute atomic E-state index is 13.7. The number of amides is 2. The molecule has 0 radical (unpaired) electrons. The summed E-state index contributed by atoms with van der Waals surface area (Å²) in [6.07, 6.45) is 2.76. The van der Waals surface area contributed by atoms with Crippen molar-refractivity contribution in [2.75, 3.05) is 5.32 Å². The van der Waals surface area contributed by atoms with E-state index in [4.69, 9.17) is 0 Å². The number of carbonyl (C=O) groups excluding carboxylic acids is 2. The summed E-state index contributed by atoms with van der Waals surface area (Å²) in [6, 6.07) is 13.4. The van der Waals surface area contributed by atoms with Gasteiger partial charge in [0.2, 0.25) is 0 Å². The van der Waals surface area contributed by atoms with E-state index in [0.29, 0.717) is 11.3 Å². The van der Waals surface area contributed by atoms with Gasteiger partial charge in [-0.25, -0.2) is 4.39 Å². The maximum Gasteiger partial charge on any atom is 0.257 e. The maximum atomic E-state index is 13.7. The molecular weight excluding hydrogens is 357 g/mol. The third-order valence-corrected chi connectivity index (χ3v) is 4.29. The number of anilines is 1. The van der Waals surface area contributed by atoms with Crippen molar-refractivity contribution in [1.29, 1.82) is 0 Å². The monoisotopic (exact) mass is 377 g/mol. The van der Waals surface area contributed by atoms with E-state index in [0.717, 1.165) is 11.1 Å². The van der Waals surface area contributed by atoms with Crippen LogP contribution in [0.2, 0.25) is 0 Å². The summed E-state index contributed by atoms with van der Waals surface area (Å²) in [4.78, 5) is 28.8. The van der Waals surface area contributed by atoms with Crippen LogP contribution in [0.4, 0.5) is 10.1 Å². The summed E-state index contributed by atoms with van der Waals surface area (Å²) in [7, 11) is 0. The summed E-state index contributed by atoms with van der Waals surface area (Å²) in [6.45, 7) is 3.93. The third-order valence-electron chi connectivity index (χ3n) is 4.29. The molecule has 0 aliphatic heterocycles. The molecule has 0 spiro atoms. The molecule has 2 amide bonds. The SMILES string of the molecule is Cc1ccc(NC(=O)c2cncc(C(=O)NCc3ccccc3F)c2)c(C)c1. The highest BCUT2D eigenvalue weighted by molar-refractivity contribution is 6.06. The van der Waals surface area contributed by atoms with Gasteiger partial charge in [-0.05, 0) is 37.6 Å². The van der Waals surface area contributed by atoms with Gasteiger partial charge in [-0.15, -0.1) is 0 Å². The van der Waals surface area contributed by atoms with Crippen molar-refractivity contribution in [2.45, 2.75) is 20.4 Å². The van der Waals surface area contributed by atoms with Gasteiger partial charge in [0, 0.05) is 30.2 Å². The molecule has 5 nitrogen and oxygen atoms in total. The first-order valence-electron chi connectivity index (χ1n) is 8.79. The topological polar surface area (TPSA) is 71.1 Å². The molecule has 28 heavy (non-hydrogen) atoms. The van der Waals surface area contributed by atoms with Crippen molar-refractivity contribution in [3.63, 3.8) is 0 Å².